The number of anilines is 1. The van der Waals surface area contributed by atoms with Crippen LogP contribution in [0.4, 0.5) is 5.69 Å². The number of nitrogens with one attached hydrogen (secondary N) is 1. The number of hydrazine groups is 1. The van der Waals surface area contributed by atoms with Crippen LogP contribution in [0.3, 0.4) is 0 Å². The Kier molecular flexibility index (Phi) is 5.18. The van der Waals surface area contributed by atoms with Gasteiger partial charge in [-0.05, 0) is 12.1 Å². The first-order valence-electron chi connectivity index (χ1n) is 6.36. The largest absolute Gasteiger partial charge is 0.492 e. The van der Waals surface area contributed by atoms with Gasteiger partial charge in [-0.15, -0.1) is 4.83 Å². The molecule has 2 rings (SSSR count). The first kappa shape index (κ1) is 15.0. The van der Waals surface area contributed by atoms with Gasteiger partial charge in [-0.1, -0.05) is 6.07 Å². The maximum Gasteiger partial charge on any atom is 0.227 e. The summed E-state index contributed by atoms with van der Waals surface area (Å²) in [5.41, 5.74) is 6.19. The Morgan fingerprint density at radius 3 is 2.80 bits per heavy atom. The topological polar surface area (TPSA) is 93.9 Å². The third kappa shape index (κ3) is 4.97. The van der Waals surface area contributed by atoms with E-state index in [4.69, 9.17) is 15.2 Å². The molecular formula is C12H19N3O4S. The molecule has 1 aliphatic heterocycles. The minimum Gasteiger partial charge on any atom is -0.492 e. The molecule has 0 saturated carbocycles. The van der Waals surface area contributed by atoms with E-state index in [9.17, 15) is 8.42 Å². The number of nitrogens with two attached hydrogens (primary N) is 1. The molecule has 0 spiro atoms. The lowest BCUT2D eigenvalue weighted by Crippen LogP contribution is -2.49. The van der Waals surface area contributed by atoms with Crippen LogP contribution in [0, 0.1) is 0 Å². The number of hydrogen-bond donors (Lipinski definition) is 2. The molecule has 1 aromatic rings. The summed E-state index contributed by atoms with van der Waals surface area (Å²) in [6.07, 6.45) is 0. The minimum absolute atomic E-state index is 0.0725. The molecule has 0 bridgehead atoms. The molecule has 112 valence electrons. The Balaban J connectivity index is 1.77. The molecule has 1 aromatic carbocycles. The smallest absolute Gasteiger partial charge is 0.227 e. The number of morpholine rings is 1. The van der Waals surface area contributed by atoms with E-state index >= 15 is 0 Å². The van der Waals surface area contributed by atoms with Gasteiger partial charge < -0.3 is 15.2 Å². The minimum atomic E-state index is -3.40. The van der Waals surface area contributed by atoms with E-state index < -0.39 is 10.0 Å². The molecule has 1 aliphatic rings. The van der Waals surface area contributed by atoms with Crippen molar-refractivity contribution in [3.63, 3.8) is 0 Å². The highest BCUT2D eigenvalue weighted by Gasteiger charge is 2.18. The second kappa shape index (κ2) is 6.89. The highest BCUT2D eigenvalue weighted by Crippen LogP contribution is 2.14. The Morgan fingerprint density at radius 2 is 2.10 bits per heavy atom. The zero-order valence-electron chi connectivity index (χ0n) is 11.1. The van der Waals surface area contributed by atoms with Gasteiger partial charge in [0.2, 0.25) is 10.0 Å². The maximum absolute atomic E-state index is 11.9. The summed E-state index contributed by atoms with van der Waals surface area (Å²) in [6, 6.07) is 6.88. The molecule has 0 atom stereocenters. The van der Waals surface area contributed by atoms with Gasteiger partial charge in [-0.2, -0.15) is 0 Å². The summed E-state index contributed by atoms with van der Waals surface area (Å²) < 4.78 is 34.2. The van der Waals surface area contributed by atoms with Crippen LogP contribution in [0.1, 0.15) is 0 Å². The lowest BCUT2D eigenvalue weighted by Gasteiger charge is -2.26. The van der Waals surface area contributed by atoms with Crippen molar-refractivity contribution < 1.29 is 17.9 Å². The number of ether oxygens (including phenoxy) is 2. The average molecular weight is 301 g/mol. The summed E-state index contributed by atoms with van der Waals surface area (Å²) in [4.78, 5) is 2.51. The average Bonchev–Trinajstić information content (AvgIpc) is 2.39. The van der Waals surface area contributed by atoms with Gasteiger partial charge in [0.15, 0.2) is 0 Å². The van der Waals surface area contributed by atoms with Gasteiger partial charge in [-0.25, -0.2) is 13.4 Å². The number of rotatable bonds is 6. The van der Waals surface area contributed by atoms with E-state index in [1.165, 1.54) is 0 Å². The predicted octanol–water partition coefficient (Wildman–Crippen LogP) is -0.186. The molecule has 0 unspecified atom stereocenters. The monoisotopic (exact) mass is 301 g/mol. The van der Waals surface area contributed by atoms with Crippen LogP contribution in [0.5, 0.6) is 5.75 Å². The highest BCUT2D eigenvalue weighted by molar-refractivity contribution is 7.89. The molecule has 1 saturated heterocycles. The van der Waals surface area contributed by atoms with Crippen LogP contribution in [0.2, 0.25) is 0 Å². The summed E-state index contributed by atoms with van der Waals surface area (Å²) in [5, 5.41) is 1.64. The Labute approximate surface area is 118 Å². The zero-order valence-corrected chi connectivity index (χ0v) is 11.9. The van der Waals surface area contributed by atoms with E-state index in [2.05, 4.69) is 4.83 Å². The molecule has 1 fully saturated rings. The first-order valence-corrected chi connectivity index (χ1v) is 8.01. The lowest BCUT2D eigenvalue weighted by atomic mass is 10.3. The maximum atomic E-state index is 11.9. The van der Waals surface area contributed by atoms with E-state index in [1.54, 1.807) is 29.3 Å². The lowest BCUT2D eigenvalue weighted by molar-refractivity contribution is 0.0272. The van der Waals surface area contributed by atoms with Crippen molar-refractivity contribution in [3.05, 3.63) is 24.3 Å². The van der Waals surface area contributed by atoms with Gasteiger partial charge in [0.25, 0.3) is 0 Å². The van der Waals surface area contributed by atoms with Crippen LogP contribution >= 0.6 is 0 Å². The molecule has 7 nitrogen and oxygen atoms in total. The summed E-state index contributed by atoms with van der Waals surface area (Å²) >= 11 is 0. The Bertz CT molecular complexity index is 529. The SMILES string of the molecule is Nc1cccc(OCCS(=O)(=O)NN2CCOCC2)c1. The van der Waals surface area contributed by atoms with Crippen LogP contribution in [-0.4, -0.2) is 52.1 Å². The summed E-state index contributed by atoms with van der Waals surface area (Å²) in [5.74, 6) is 0.450. The van der Waals surface area contributed by atoms with Gasteiger partial charge in [0.05, 0.1) is 19.0 Å². The fourth-order valence-corrected chi connectivity index (χ4v) is 2.74. The van der Waals surface area contributed by atoms with E-state index in [0.29, 0.717) is 37.7 Å². The molecule has 0 aliphatic carbocycles. The molecule has 1 heterocycles. The van der Waals surface area contributed by atoms with Crippen molar-refractivity contribution in [1.82, 2.24) is 9.84 Å². The summed E-state index contributed by atoms with van der Waals surface area (Å²) in [6.45, 7) is 2.23. The van der Waals surface area contributed by atoms with Crippen molar-refractivity contribution >= 4 is 15.7 Å². The highest BCUT2D eigenvalue weighted by atomic mass is 32.2. The predicted molar refractivity (Wildman–Crippen MR) is 75.7 cm³/mol. The molecule has 20 heavy (non-hydrogen) atoms. The fourth-order valence-electron chi connectivity index (χ4n) is 1.77. The van der Waals surface area contributed by atoms with Crippen molar-refractivity contribution in [2.45, 2.75) is 0 Å². The van der Waals surface area contributed by atoms with Crippen LogP contribution < -0.4 is 15.3 Å². The standard InChI is InChI=1S/C12H19N3O4S/c13-11-2-1-3-12(10-11)19-8-9-20(16,17)14-15-4-6-18-7-5-15/h1-3,10,14H,4-9,13H2. The van der Waals surface area contributed by atoms with Crippen LogP contribution in [0.15, 0.2) is 24.3 Å². The van der Waals surface area contributed by atoms with E-state index in [0.717, 1.165) is 0 Å². The molecule has 0 aromatic heterocycles. The third-order valence-electron chi connectivity index (χ3n) is 2.76. The van der Waals surface area contributed by atoms with Crippen molar-refractivity contribution in [3.8, 4) is 5.75 Å². The quantitative estimate of drug-likeness (QED) is 0.708. The summed E-state index contributed by atoms with van der Waals surface area (Å²) in [7, 11) is -3.40. The molecular weight excluding hydrogens is 282 g/mol. The number of nitrogen functional groups attached to an aromatic ring is 1. The molecule has 8 heteroatoms. The van der Waals surface area contributed by atoms with Crippen molar-refractivity contribution in [2.75, 3.05) is 44.4 Å². The second-order valence-corrected chi connectivity index (χ2v) is 6.25. The Morgan fingerprint density at radius 1 is 1.35 bits per heavy atom. The molecule has 0 amide bonds. The van der Waals surface area contributed by atoms with Gasteiger partial charge in [0.1, 0.15) is 12.4 Å². The molecule has 0 radical (unpaired) electrons. The van der Waals surface area contributed by atoms with Gasteiger partial charge in [-0.3, -0.25) is 0 Å². The molecule has 3 N–H and O–H groups in total. The fraction of sp³-hybridized carbons (Fsp3) is 0.500. The Hall–Kier alpha value is -1.35. The van der Waals surface area contributed by atoms with Crippen LogP contribution in [-0.2, 0) is 14.8 Å². The van der Waals surface area contributed by atoms with Gasteiger partial charge in [0, 0.05) is 24.8 Å². The third-order valence-corrected chi connectivity index (χ3v) is 4.00. The van der Waals surface area contributed by atoms with Gasteiger partial charge >= 0.3 is 0 Å². The number of sulfonamides is 1. The van der Waals surface area contributed by atoms with E-state index in [-0.39, 0.29) is 12.4 Å². The number of benzene rings is 1. The first-order chi connectivity index (χ1) is 9.55. The van der Waals surface area contributed by atoms with Crippen molar-refractivity contribution in [1.29, 1.82) is 0 Å². The second-order valence-electron chi connectivity index (χ2n) is 4.43. The van der Waals surface area contributed by atoms with Crippen molar-refractivity contribution in [2.24, 2.45) is 0 Å². The number of hydrogen-bond acceptors (Lipinski definition) is 6. The van der Waals surface area contributed by atoms with E-state index in [1.807, 2.05) is 0 Å². The zero-order chi connectivity index (χ0) is 14.4. The number of nitrogens with zero attached hydrogens (tertiary/aromatic N) is 1. The normalized spacial score (nSPS) is 17.0. The van der Waals surface area contributed by atoms with Crippen LogP contribution in [0.25, 0.3) is 0 Å².